The van der Waals surface area contributed by atoms with Crippen molar-refractivity contribution in [1.29, 1.82) is 0 Å². The Kier molecular flexibility index (Phi) is 7.90. The maximum absolute atomic E-state index is 14.2. The third-order valence-electron chi connectivity index (χ3n) is 8.70. The Morgan fingerprint density at radius 2 is 1.82 bits per heavy atom. The second-order valence-corrected chi connectivity index (χ2v) is 13.3. The summed E-state index contributed by atoms with van der Waals surface area (Å²) in [5, 5.41) is 15.6. The van der Waals surface area contributed by atoms with E-state index in [4.69, 9.17) is 4.74 Å². The summed E-state index contributed by atoms with van der Waals surface area (Å²) < 4.78 is 4.37. The van der Waals surface area contributed by atoms with E-state index in [-0.39, 0.29) is 24.3 Å². The quantitative estimate of drug-likeness (QED) is 0.366. The third-order valence-corrected chi connectivity index (χ3v) is 10.7. The fraction of sp³-hybridized carbons (Fsp3) is 0.516. The van der Waals surface area contributed by atoms with Gasteiger partial charge >= 0.3 is 0 Å². The van der Waals surface area contributed by atoms with Crippen molar-refractivity contribution in [2.24, 2.45) is 11.8 Å². The van der Waals surface area contributed by atoms with Crippen molar-refractivity contribution in [2.75, 3.05) is 30.4 Å². The summed E-state index contributed by atoms with van der Waals surface area (Å²) in [4.78, 5) is 43.8. The van der Waals surface area contributed by atoms with Gasteiger partial charge in [-0.1, -0.05) is 12.1 Å². The largest absolute Gasteiger partial charge is 0.494 e. The Hall–Kier alpha value is -3.04. The molecule has 5 atom stereocenters. The zero-order valence-corrected chi connectivity index (χ0v) is 24.5. The Balaban J connectivity index is 1.46. The Labute approximate surface area is 240 Å². The number of aliphatic hydroxyl groups is 1. The lowest BCUT2D eigenvalue weighted by atomic mass is 9.66. The molecule has 8 nitrogen and oxygen atoms in total. The van der Waals surface area contributed by atoms with E-state index in [1.54, 1.807) is 28.8 Å². The number of nitrogens with zero attached hydrogens (tertiary/aromatic N) is 1. The van der Waals surface area contributed by atoms with Crippen LogP contribution in [0.2, 0.25) is 0 Å². The van der Waals surface area contributed by atoms with Crippen LogP contribution in [-0.2, 0) is 14.4 Å². The van der Waals surface area contributed by atoms with Crippen molar-refractivity contribution >= 4 is 40.9 Å². The van der Waals surface area contributed by atoms with Crippen molar-refractivity contribution in [3.05, 3.63) is 53.6 Å². The van der Waals surface area contributed by atoms with E-state index >= 15 is 0 Å². The van der Waals surface area contributed by atoms with Crippen molar-refractivity contribution in [3.63, 3.8) is 0 Å². The molecule has 2 bridgehead atoms. The van der Waals surface area contributed by atoms with Crippen LogP contribution in [0.5, 0.6) is 5.75 Å². The Morgan fingerprint density at radius 3 is 2.52 bits per heavy atom. The molecule has 0 aliphatic carbocycles. The first-order valence-corrected chi connectivity index (χ1v) is 15.0. The van der Waals surface area contributed by atoms with Gasteiger partial charge in [0.05, 0.1) is 23.2 Å². The van der Waals surface area contributed by atoms with Gasteiger partial charge in [-0.25, -0.2) is 0 Å². The molecule has 9 heteroatoms. The number of thioether (sulfide) groups is 1. The van der Waals surface area contributed by atoms with Gasteiger partial charge in [0, 0.05) is 29.3 Å². The molecule has 5 rings (SSSR count). The van der Waals surface area contributed by atoms with Gasteiger partial charge in [0.25, 0.3) is 0 Å². The number of ether oxygens (including phenoxy) is 1. The van der Waals surface area contributed by atoms with Gasteiger partial charge in [-0.2, -0.15) is 0 Å². The second kappa shape index (κ2) is 11.1. The number of likely N-dealkylation sites (tertiary alicyclic amines) is 1. The van der Waals surface area contributed by atoms with E-state index in [1.807, 2.05) is 51.1 Å². The number of unbranched alkanes of at least 4 members (excludes halogenated alkanes) is 1. The molecule has 0 saturated carbocycles. The van der Waals surface area contributed by atoms with Crippen molar-refractivity contribution in [1.82, 2.24) is 4.90 Å². The summed E-state index contributed by atoms with van der Waals surface area (Å²) in [6.07, 6.45) is 2.57. The molecule has 1 spiro atoms. The number of fused-ring (bicyclic) bond motifs is 1. The summed E-state index contributed by atoms with van der Waals surface area (Å²) >= 11 is 1.66. The Bertz CT molecular complexity index is 1300. The first-order chi connectivity index (χ1) is 19.1. The Morgan fingerprint density at radius 1 is 1.07 bits per heavy atom. The van der Waals surface area contributed by atoms with E-state index in [1.165, 1.54) is 0 Å². The minimum Gasteiger partial charge on any atom is -0.494 e. The summed E-state index contributed by atoms with van der Waals surface area (Å²) in [6.45, 7) is 8.86. The molecule has 3 N–H and O–H groups in total. The highest BCUT2D eigenvalue weighted by atomic mass is 32.2. The molecule has 40 heavy (non-hydrogen) atoms. The number of hydrogen-bond acceptors (Lipinski definition) is 6. The van der Waals surface area contributed by atoms with Gasteiger partial charge in [-0.3, -0.25) is 14.4 Å². The summed E-state index contributed by atoms with van der Waals surface area (Å²) in [5.41, 5.74) is 3.37. The number of benzene rings is 2. The lowest BCUT2D eigenvalue weighted by Gasteiger charge is -2.35. The molecule has 3 fully saturated rings. The number of amides is 3. The summed E-state index contributed by atoms with van der Waals surface area (Å²) in [6, 6.07) is 12.5. The smallest absolute Gasteiger partial charge is 0.248 e. The minimum atomic E-state index is -0.696. The monoisotopic (exact) mass is 565 g/mol. The van der Waals surface area contributed by atoms with Crippen LogP contribution in [0.4, 0.5) is 11.4 Å². The van der Waals surface area contributed by atoms with Crippen LogP contribution in [-0.4, -0.2) is 63.0 Å². The third kappa shape index (κ3) is 4.87. The number of rotatable bonds is 10. The molecule has 3 aliphatic heterocycles. The average molecular weight is 566 g/mol. The van der Waals surface area contributed by atoms with Crippen LogP contribution >= 0.6 is 11.8 Å². The number of hydrogen-bond donors (Lipinski definition) is 3. The first kappa shape index (κ1) is 28.5. The van der Waals surface area contributed by atoms with E-state index in [0.717, 1.165) is 29.0 Å². The lowest BCUT2D eigenvalue weighted by molar-refractivity contribution is -0.139. The average Bonchev–Trinajstić information content (AvgIpc) is 3.48. The van der Waals surface area contributed by atoms with Gasteiger partial charge < -0.3 is 25.4 Å². The minimum absolute atomic E-state index is 0.0237. The molecule has 3 heterocycles. The summed E-state index contributed by atoms with van der Waals surface area (Å²) in [5.74, 6) is -0.972. The van der Waals surface area contributed by atoms with Crippen LogP contribution in [0, 0.1) is 25.7 Å². The topological polar surface area (TPSA) is 108 Å². The van der Waals surface area contributed by atoms with Gasteiger partial charge in [0.15, 0.2) is 0 Å². The molecular weight excluding hydrogens is 526 g/mol. The molecular formula is C31H39N3O5S. The lowest BCUT2D eigenvalue weighted by Crippen LogP contribution is -2.52. The number of carbonyl (C=O) groups excluding carboxylic acids is 3. The van der Waals surface area contributed by atoms with E-state index in [0.29, 0.717) is 38.1 Å². The molecule has 2 aromatic rings. The van der Waals surface area contributed by atoms with Gasteiger partial charge in [-0.15, -0.1) is 11.8 Å². The number of anilines is 2. The van der Waals surface area contributed by atoms with Crippen LogP contribution in [0.25, 0.3) is 0 Å². The number of carbonyl (C=O) groups is 3. The molecule has 3 aliphatic rings. The molecule has 2 unspecified atom stereocenters. The first-order valence-electron chi connectivity index (χ1n) is 14.2. The summed E-state index contributed by atoms with van der Waals surface area (Å²) in [7, 11) is 0. The standard InChI is InChI=1S/C31H39N3O5S/c1-5-39-22-12-10-21(11-13-22)32-27(36)24-25-29(38)34(16-6-7-17-35)26(31(25)15-14-30(24,4)40-31)28(37)33-23-18-19(2)8-9-20(23)3/h8-13,18,24-26,35H,5-7,14-17H2,1-4H3,(H,32,36)(H,33,37)/t24-,25+,26?,30+,31?/m1/s1. The van der Waals surface area contributed by atoms with E-state index < -0.39 is 27.4 Å². The molecule has 3 saturated heterocycles. The predicted octanol–water partition coefficient (Wildman–Crippen LogP) is 4.53. The van der Waals surface area contributed by atoms with Crippen LogP contribution in [0.1, 0.15) is 50.7 Å². The normalized spacial score (nSPS) is 28.5. The fourth-order valence-electron chi connectivity index (χ4n) is 6.85. The second-order valence-electron chi connectivity index (χ2n) is 11.4. The zero-order chi connectivity index (χ0) is 28.7. The van der Waals surface area contributed by atoms with Crippen molar-refractivity contribution in [2.45, 2.75) is 68.9 Å². The SMILES string of the molecule is CCOc1ccc(NC(=O)[C@H]2[C@H]3C(=O)N(CCCCO)C(C(=O)Nc4cc(C)ccc4C)C34CC[C@]2(C)S4)cc1. The molecule has 3 amide bonds. The maximum atomic E-state index is 14.2. The van der Waals surface area contributed by atoms with E-state index in [2.05, 4.69) is 17.6 Å². The molecule has 2 aromatic carbocycles. The molecule has 214 valence electrons. The highest BCUT2D eigenvalue weighted by molar-refractivity contribution is 8.02. The zero-order valence-electron chi connectivity index (χ0n) is 23.7. The fourth-order valence-corrected chi connectivity index (χ4v) is 9.21. The van der Waals surface area contributed by atoms with Crippen molar-refractivity contribution < 1.29 is 24.2 Å². The van der Waals surface area contributed by atoms with Crippen LogP contribution in [0.15, 0.2) is 42.5 Å². The predicted molar refractivity (Wildman–Crippen MR) is 158 cm³/mol. The van der Waals surface area contributed by atoms with Gasteiger partial charge in [0.2, 0.25) is 17.7 Å². The number of nitrogens with one attached hydrogen (secondary N) is 2. The van der Waals surface area contributed by atoms with Gasteiger partial charge in [0.1, 0.15) is 11.8 Å². The van der Waals surface area contributed by atoms with Crippen molar-refractivity contribution in [3.8, 4) is 5.75 Å². The maximum Gasteiger partial charge on any atom is 0.248 e. The highest BCUT2D eigenvalue weighted by Crippen LogP contribution is 2.71. The number of aryl methyl sites for hydroxylation is 2. The van der Waals surface area contributed by atoms with Crippen LogP contribution < -0.4 is 15.4 Å². The van der Waals surface area contributed by atoms with Crippen LogP contribution in [0.3, 0.4) is 0 Å². The van der Waals surface area contributed by atoms with Gasteiger partial charge in [-0.05, 0) is 94.8 Å². The van der Waals surface area contributed by atoms with E-state index in [9.17, 15) is 19.5 Å². The number of aliphatic hydroxyl groups excluding tert-OH is 1. The molecule has 0 radical (unpaired) electrons. The molecule has 0 aromatic heterocycles. The highest BCUT2D eigenvalue weighted by Gasteiger charge is 2.77.